The zero-order valence-electron chi connectivity index (χ0n) is 17.6. The van der Waals surface area contributed by atoms with Crippen molar-refractivity contribution in [1.82, 2.24) is 29.7 Å². The van der Waals surface area contributed by atoms with Gasteiger partial charge in [0, 0.05) is 31.6 Å². The number of nitrogens with one attached hydrogen (secondary N) is 2. The number of benzene rings is 1. The van der Waals surface area contributed by atoms with Gasteiger partial charge in [-0.15, -0.1) is 0 Å². The lowest BCUT2D eigenvalue weighted by atomic mass is 10.2. The predicted octanol–water partition coefficient (Wildman–Crippen LogP) is 2.97. The van der Waals surface area contributed by atoms with E-state index in [0.717, 1.165) is 0 Å². The van der Waals surface area contributed by atoms with Crippen molar-refractivity contribution in [2.24, 2.45) is 12.0 Å². The third-order valence-electron chi connectivity index (χ3n) is 5.00. The molecular weight excluding hydrogens is 410 g/mol. The fourth-order valence-electron chi connectivity index (χ4n) is 3.55. The monoisotopic (exact) mass is 429 g/mol. The van der Waals surface area contributed by atoms with Gasteiger partial charge in [0.25, 0.3) is 5.56 Å². The fourth-order valence-corrected chi connectivity index (χ4v) is 3.55. The molecule has 0 aliphatic heterocycles. The number of methoxy groups -OCH3 is 2. The molecule has 10 heteroatoms. The van der Waals surface area contributed by atoms with E-state index in [0.29, 0.717) is 50.8 Å². The van der Waals surface area contributed by atoms with Gasteiger partial charge >= 0.3 is 0 Å². The predicted molar refractivity (Wildman–Crippen MR) is 121 cm³/mol. The Morgan fingerprint density at radius 2 is 1.91 bits per heavy atom. The average Bonchev–Trinajstić information content (AvgIpc) is 3.38. The van der Waals surface area contributed by atoms with E-state index in [1.807, 2.05) is 18.2 Å². The second-order valence-electron chi connectivity index (χ2n) is 7.07. The van der Waals surface area contributed by atoms with Crippen molar-refractivity contribution >= 4 is 34.0 Å². The van der Waals surface area contributed by atoms with Crippen molar-refractivity contribution in [3.05, 3.63) is 58.8 Å². The number of nitrogens with zero attached hydrogens (tertiary/aromatic N) is 5. The van der Waals surface area contributed by atoms with Crippen LogP contribution in [0.2, 0.25) is 0 Å². The molecule has 1 aromatic carbocycles. The van der Waals surface area contributed by atoms with Crippen molar-refractivity contribution in [3.8, 4) is 22.9 Å². The largest absolute Gasteiger partial charge is 0.493 e. The highest BCUT2D eigenvalue weighted by atomic mass is 16.5. The summed E-state index contributed by atoms with van der Waals surface area (Å²) in [5.74, 6) is 1.45. The summed E-state index contributed by atoms with van der Waals surface area (Å²) in [6, 6.07) is 9.03. The minimum Gasteiger partial charge on any atom is -0.493 e. The Bertz CT molecular complexity index is 1490. The summed E-state index contributed by atoms with van der Waals surface area (Å²) in [6.07, 6.45) is 5.01. The number of imidazole rings is 1. The van der Waals surface area contributed by atoms with Gasteiger partial charge < -0.3 is 19.4 Å². The van der Waals surface area contributed by atoms with Gasteiger partial charge in [-0.25, -0.2) is 4.98 Å². The van der Waals surface area contributed by atoms with Gasteiger partial charge in [0.15, 0.2) is 11.5 Å². The molecule has 5 aromatic rings. The number of ether oxygens (including phenoxy) is 2. The van der Waals surface area contributed by atoms with E-state index in [1.165, 1.54) is 0 Å². The topological polar surface area (TPSA) is 123 Å². The average molecular weight is 429 g/mol. The van der Waals surface area contributed by atoms with Crippen LogP contribution in [0.3, 0.4) is 0 Å². The molecule has 4 aromatic heterocycles. The van der Waals surface area contributed by atoms with Crippen LogP contribution in [0.5, 0.6) is 11.5 Å². The van der Waals surface area contributed by atoms with Crippen molar-refractivity contribution in [2.45, 2.75) is 0 Å². The summed E-state index contributed by atoms with van der Waals surface area (Å²) in [5.41, 5.74) is 3.43. The molecule has 0 unspecified atom stereocenters. The first-order chi connectivity index (χ1) is 15.6. The number of pyridine rings is 2. The first-order valence-corrected chi connectivity index (χ1v) is 9.74. The number of fused-ring (bicyclic) bond motifs is 2. The van der Waals surface area contributed by atoms with Crippen molar-refractivity contribution in [1.29, 1.82) is 0 Å². The van der Waals surface area contributed by atoms with Gasteiger partial charge in [0.05, 0.1) is 42.7 Å². The normalized spacial score (nSPS) is 11.6. The molecule has 10 nitrogen and oxygen atoms in total. The highest BCUT2D eigenvalue weighted by molar-refractivity contribution is 5.97. The smallest absolute Gasteiger partial charge is 0.261 e. The zero-order valence-corrected chi connectivity index (χ0v) is 17.6. The molecule has 0 saturated carbocycles. The SMILES string of the molecule is COc1cc2nc(-c3c(/N=C\c4ccccn4)c4nn(C)cc4[nH]c3=O)[nH]c2cc1OC. The first kappa shape index (κ1) is 19.5. The molecule has 32 heavy (non-hydrogen) atoms. The molecule has 0 aliphatic rings. The number of aromatic nitrogens is 6. The van der Waals surface area contributed by atoms with Crippen LogP contribution in [0.4, 0.5) is 5.69 Å². The lowest BCUT2D eigenvalue weighted by Gasteiger charge is -2.06. The number of hydrogen-bond acceptors (Lipinski definition) is 7. The fraction of sp³-hybridized carbons (Fsp3) is 0.136. The van der Waals surface area contributed by atoms with E-state index in [9.17, 15) is 4.79 Å². The van der Waals surface area contributed by atoms with Gasteiger partial charge in [-0.1, -0.05) is 6.07 Å². The standard InChI is InChI=1S/C22H19N7O3/c1-29-11-15-19(28-29)20(24-10-12-6-4-5-7-23-12)18(22(30)27-15)21-25-13-8-16(31-2)17(32-3)9-14(13)26-21/h4-11H,1-3H3,(H,25,26)(H,27,30)/b24-10-. The van der Waals surface area contributed by atoms with E-state index in [2.05, 4.69) is 30.0 Å². The number of rotatable bonds is 5. The Labute approximate surface area is 181 Å². The molecule has 0 bridgehead atoms. The molecular formula is C22H19N7O3. The van der Waals surface area contributed by atoms with Crippen molar-refractivity contribution in [2.75, 3.05) is 14.2 Å². The van der Waals surface area contributed by atoms with Gasteiger partial charge in [-0.3, -0.25) is 19.5 Å². The van der Waals surface area contributed by atoms with Gasteiger partial charge in [0.1, 0.15) is 22.6 Å². The quantitative estimate of drug-likeness (QED) is 0.414. The van der Waals surface area contributed by atoms with Crippen molar-refractivity contribution < 1.29 is 9.47 Å². The molecule has 0 fully saturated rings. The van der Waals surface area contributed by atoms with Crippen LogP contribution in [-0.4, -0.2) is 50.2 Å². The van der Waals surface area contributed by atoms with E-state index < -0.39 is 0 Å². The summed E-state index contributed by atoms with van der Waals surface area (Å²) in [6.45, 7) is 0. The number of H-pyrrole nitrogens is 2. The summed E-state index contributed by atoms with van der Waals surface area (Å²) in [5, 5.41) is 4.49. The molecule has 5 rings (SSSR count). The van der Waals surface area contributed by atoms with Crippen molar-refractivity contribution in [3.63, 3.8) is 0 Å². The van der Waals surface area contributed by atoms with Crippen LogP contribution in [0.15, 0.2) is 52.5 Å². The highest BCUT2D eigenvalue weighted by Gasteiger charge is 2.20. The summed E-state index contributed by atoms with van der Waals surface area (Å²) < 4.78 is 12.4. The maximum absolute atomic E-state index is 13.1. The minimum atomic E-state index is -0.336. The van der Waals surface area contributed by atoms with E-state index in [1.54, 1.807) is 56.7 Å². The molecule has 2 N–H and O–H groups in total. The Balaban J connectivity index is 1.75. The number of aromatic amines is 2. The van der Waals surface area contributed by atoms with Crippen LogP contribution in [0.25, 0.3) is 33.5 Å². The van der Waals surface area contributed by atoms with E-state index in [-0.39, 0.29) is 11.1 Å². The lowest BCUT2D eigenvalue weighted by Crippen LogP contribution is -2.10. The van der Waals surface area contributed by atoms with Crippen LogP contribution in [-0.2, 0) is 7.05 Å². The Kier molecular flexibility index (Phi) is 4.66. The molecule has 160 valence electrons. The Hall–Kier alpha value is -4.47. The van der Waals surface area contributed by atoms with E-state index in [4.69, 9.17) is 9.47 Å². The van der Waals surface area contributed by atoms with Gasteiger partial charge in [-0.2, -0.15) is 5.10 Å². The lowest BCUT2D eigenvalue weighted by molar-refractivity contribution is 0.356. The highest BCUT2D eigenvalue weighted by Crippen LogP contribution is 2.35. The number of aliphatic imine (C=N–C) groups is 1. The molecule has 0 spiro atoms. The van der Waals surface area contributed by atoms with Gasteiger partial charge in [-0.05, 0) is 12.1 Å². The molecule has 0 aliphatic carbocycles. The number of aryl methyl sites for hydroxylation is 1. The second-order valence-corrected chi connectivity index (χ2v) is 7.07. The van der Waals surface area contributed by atoms with Crippen LogP contribution in [0.1, 0.15) is 5.69 Å². The number of hydrogen-bond donors (Lipinski definition) is 2. The maximum Gasteiger partial charge on any atom is 0.261 e. The van der Waals surface area contributed by atoms with Gasteiger partial charge in [0.2, 0.25) is 0 Å². The van der Waals surface area contributed by atoms with E-state index >= 15 is 0 Å². The Morgan fingerprint density at radius 1 is 1.09 bits per heavy atom. The zero-order chi connectivity index (χ0) is 22.2. The third-order valence-corrected chi connectivity index (χ3v) is 5.00. The van der Waals surface area contributed by atoms with Crippen LogP contribution < -0.4 is 15.0 Å². The minimum absolute atomic E-state index is 0.275. The second kappa shape index (κ2) is 7.65. The molecule has 0 radical (unpaired) electrons. The molecule has 0 saturated heterocycles. The molecule has 4 heterocycles. The Morgan fingerprint density at radius 3 is 2.66 bits per heavy atom. The molecule has 0 amide bonds. The van der Waals surface area contributed by atoms with Crippen LogP contribution >= 0.6 is 0 Å². The summed E-state index contributed by atoms with van der Waals surface area (Å²) in [4.78, 5) is 32.7. The summed E-state index contributed by atoms with van der Waals surface area (Å²) >= 11 is 0. The first-order valence-electron chi connectivity index (χ1n) is 9.74. The van der Waals surface area contributed by atoms with Crippen LogP contribution in [0, 0.1) is 0 Å². The molecule has 0 atom stereocenters. The summed E-state index contributed by atoms with van der Waals surface area (Å²) in [7, 11) is 4.90. The maximum atomic E-state index is 13.1. The third kappa shape index (κ3) is 3.27.